The van der Waals surface area contributed by atoms with Gasteiger partial charge in [0, 0.05) is 12.1 Å². The highest BCUT2D eigenvalue weighted by Crippen LogP contribution is 2.33. The summed E-state index contributed by atoms with van der Waals surface area (Å²) in [5.41, 5.74) is 1.51. The molecule has 3 aromatic carbocycles. The highest BCUT2D eigenvalue weighted by atomic mass is 32.2. The molecule has 0 spiro atoms. The number of hydrogen-bond donors (Lipinski definition) is 1. The van der Waals surface area contributed by atoms with E-state index in [0.29, 0.717) is 12.2 Å². The molecule has 1 atom stereocenters. The van der Waals surface area contributed by atoms with E-state index in [1.165, 1.54) is 31.3 Å². The number of nitrogens with zero attached hydrogens (tertiary/aromatic N) is 2. The molecule has 226 valence electrons. The van der Waals surface area contributed by atoms with Gasteiger partial charge in [-0.05, 0) is 76.1 Å². The van der Waals surface area contributed by atoms with E-state index in [4.69, 9.17) is 9.47 Å². The second-order valence-electron chi connectivity index (χ2n) is 11.0. The van der Waals surface area contributed by atoms with Gasteiger partial charge in [0.2, 0.25) is 11.8 Å². The molecule has 0 bridgehead atoms. The molecule has 0 aliphatic carbocycles. The zero-order chi connectivity index (χ0) is 31.1. The van der Waals surface area contributed by atoms with Crippen molar-refractivity contribution in [2.24, 2.45) is 0 Å². The minimum absolute atomic E-state index is 0.0234. The first-order valence-electron chi connectivity index (χ1n) is 13.8. The van der Waals surface area contributed by atoms with Gasteiger partial charge in [-0.25, -0.2) is 8.42 Å². The largest absolute Gasteiger partial charge is 0.497 e. The maximum Gasteiger partial charge on any atom is 0.264 e. The minimum atomic E-state index is -4.25. The molecule has 0 heterocycles. The second-order valence-corrected chi connectivity index (χ2v) is 12.9. The lowest BCUT2D eigenvalue weighted by Gasteiger charge is -2.35. The third-order valence-corrected chi connectivity index (χ3v) is 8.37. The number of benzene rings is 3. The van der Waals surface area contributed by atoms with Crippen LogP contribution >= 0.6 is 0 Å². The Balaban J connectivity index is 2.11. The van der Waals surface area contributed by atoms with Crippen molar-refractivity contribution in [2.75, 3.05) is 25.1 Å². The Morgan fingerprint density at radius 1 is 0.929 bits per heavy atom. The van der Waals surface area contributed by atoms with E-state index in [0.717, 1.165) is 15.4 Å². The van der Waals surface area contributed by atoms with Crippen LogP contribution < -0.4 is 19.1 Å². The minimum Gasteiger partial charge on any atom is -0.497 e. The molecule has 2 amide bonds. The number of methoxy groups -OCH3 is 2. The first-order chi connectivity index (χ1) is 19.8. The molecule has 10 heteroatoms. The summed E-state index contributed by atoms with van der Waals surface area (Å²) in [7, 11) is -1.32. The number of nitrogens with one attached hydrogen (secondary N) is 1. The maximum atomic E-state index is 14.2. The van der Waals surface area contributed by atoms with Crippen LogP contribution in [0.15, 0.2) is 77.7 Å². The van der Waals surface area contributed by atoms with E-state index in [2.05, 4.69) is 5.32 Å². The van der Waals surface area contributed by atoms with Crippen molar-refractivity contribution in [2.45, 2.75) is 64.1 Å². The molecule has 0 saturated carbocycles. The van der Waals surface area contributed by atoms with Gasteiger partial charge in [0.15, 0.2) is 0 Å². The van der Waals surface area contributed by atoms with Crippen molar-refractivity contribution in [3.8, 4) is 11.5 Å². The van der Waals surface area contributed by atoms with Crippen LogP contribution in [0.4, 0.5) is 5.69 Å². The first-order valence-corrected chi connectivity index (χ1v) is 15.2. The Labute approximate surface area is 249 Å². The fourth-order valence-electron chi connectivity index (χ4n) is 4.60. The second kappa shape index (κ2) is 13.7. The van der Waals surface area contributed by atoms with Crippen LogP contribution in [0.5, 0.6) is 11.5 Å². The Morgan fingerprint density at radius 2 is 1.60 bits per heavy atom. The summed E-state index contributed by atoms with van der Waals surface area (Å²) in [6.45, 7) is 8.96. The van der Waals surface area contributed by atoms with Crippen molar-refractivity contribution in [1.29, 1.82) is 0 Å². The third kappa shape index (κ3) is 8.03. The SMILES string of the molecule is CCC(C(=O)NC(C)(C)C)N(Cc1cccc(C)c1)C(=O)CN(c1ccccc1OC)S(=O)(=O)c1ccc(OC)cc1. The highest BCUT2D eigenvalue weighted by molar-refractivity contribution is 7.92. The molecular weight excluding hydrogens is 554 g/mol. The molecule has 0 aliphatic heterocycles. The lowest BCUT2D eigenvalue weighted by Crippen LogP contribution is -2.55. The Hall–Kier alpha value is -4.05. The lowest BCUT2D eigenvalue weighted by molar-refractivity contribution is -0.141. The number of hydrogen-bond acceptors (Lipinski definition) is 6. The van der Waals surface area contributed by atoms with Gasteiger partial charge in [-0.1, -0.05) is 48.9 Å². The maximum absolute atomic E-state index is 14.2. The predicted molar refractivity (Wildman–Crippen MR) is 164 cm³/mol. The van der Waals surface area contributed by atoms with Crippen LogP contribution in [0.1, 0.15) is 45.2 Å². The summed E-state index contributed by atoms with van der Waals surface area (Å²) in [5.74, 6) is -0.0674. The molecule has 3 rings (SSSR count). The van der Waals surface area contributed by atoms with Gasteiger partial charge in [0.1, 0.15) is 24.1 Å². The molecule has 0 radical (unpaired) electrons. The van der Waals surface area contributed by atoms with Crippen LogP contribution in [0.25, 0.3) is 0 Å². The number of rotatable bonds is 12. The van der Waals surface area contributed by atoms with E-state index in [9.17, 15) is 18.0 Å². The quantitative estimate of drug-likeness (QED) is 0.318. The number of anilines is 1. The normalized spacial score (nSPS) is 12.3. The van der Waals surface area contributed by atoms with Crippen LogP contribution in [0.3, 0.4) is 0 Å². The monoisotopic (exact) mass is 595 g/mol. The number of ether oxygens (including phenoxy) is 2. The van der Waals surface area contributed by atoms with Crippen LogP contribution in [-0.2, 0) is 26.2 Å². The van der Waals surface area contributed by atoms with Gasteiger partial charge in [-0.2, -0.15) is 0 Å². The van der Waals surface area contributed by atoms with Gasteiger partial charge in [0.05, 0.1) is 24.8 Å². The highest BCUT2D eigenvalue weighted by Gasteiger charge is 2.35. The predicted octanol–water partition coefficient (Wildman–Crippen LogP) is 4.93. The Morgan fingerprint density at radius 3 is 2.17 bits per heavy atom. The van der Waals surface area contributed by atoms with Gasteiger partial charge in [-0.15, -0.1) is 0 Å². The zero-order valence-electron chi connectivity index (χ0n) is 25.4. The van der Waals surface area contributed by atoms with Crippen LogP contribution in [0.2, 0.25) is 0 Å². The summed E-state index contributed by atoms with van der Waals surface area (Å²) in [5, 5.41) is 2.98. The van der Waals surface area contributed by atoms with E-state index in [-0.39, 0.29) is 28.8 Å². The van der Waals surface area contributed by atoms with Gasteiger partial charge < -0.3 is 19.7 Å². The number of carbonyl (C=O) groups excluding carboxylic acids is 2. The van der Waals surface area contributed by atoms with Crippen molar-refractivity contribution >= 4 is 27.5 Å². The fourth-order valence-corrected chi connectivity index (χ4v) is 6.03. The first kappa shape index (κ1) is 32.5. The van der Waals surface area contributed by atoms with E-state index < -0.39 is 34.1 Å². The summed E-state index contributed by atoms with van der Waals surface area (Å²) in [6.07, 6.45) is 0.333. The third-order valence-electron chi connectivity index (χ3n) is 6.60. The summed E-state index contributed by atoms with van der Waals surface area (Å²) in [6, 6.07) is 19.4. The van der Waals surface area contributed by atoms with Crippen molar-refractivity contribution in [1.82, 2.24) is 10.2 Å². The molecule has 42 heavy (non-hydrogen) atoms. The average Bonchev–Trinajstić information content (AvgIpc) is 2.94. The van der Waals surface area contributed by atoms with E-state index in [1.807, 2.05) is 58.9 Å². The van der Waals surface area contributed by atoms with E-state index >= 15 is 0 Å². The molecule has 0 aliphatic rings. The smallest absolute Gasteiger partial charge is 0.264 e. The fraction of sp³-hybridized carbons (Fsp3) is 0.375. The molecule has 1 N–H and O–H groups in total. The molecule has 9 nitrogen and oxygen atoms in total. The molecule has 3 aromatic rings. The number of carbonyl (C=O) groups is 2. The van der Waals surface area contributed by atoms with E-state index in [1.54, 1.807) is 36.4 Å². The van der Waals surface area contributed by atoms with Gasteiger partial charge in [0.25, 0.3) is 10.0 Å². The summed E-state index contributed by atoms with van der Waals surface area (Å²) in [4.78, 5) is 29.1. The van der Waals surface area contributed by atoms with Crippen molar-refractivity contribution in [3.63, 3.8) is 0 Å². The van der Waals surface area contributed by atoms with Gasteiger partial charge >= 0.3 is 0 Å². The average molecular weight is 596 g/mol. The van der Waals surface area contributed by atoms with Crippen LogP contribution in [0, 0.1) is 6.92 Å². The van der Waals surface area contributed by atoms with Crippen molar-refractivity contribution in [3.05, 3.63) is 83.9 Å². The molecule has 0 aromatic heterocycles. The topological polar surface area (TPSA) is 105 Å². The number of amides is 2. The Kier molecular flexibility index (Phi) is 10.6. The van der Waals surface area contributed by atoms with Crippen molar-refractivity contribution < 1.29 is 27.5 Å². The standard InChI is InChI=1S/C32H41N3O6S/c1-8-27(31(37)33-32(3,4)5)34(21-24-13-11-12-23(2)20-24)30(36)22-35(28-14-9-10-15-29(28)41-7)42(38,39)26-18-16-25(40-6)17-19-26/h9-20,27H,8,21-22H2,1-7H3,(H,33,37). The molecule has 0 saturated heterocycles. The molecule has 1 unspecified atom stereocenters. The number of para-hydroxylation sites is 2. The van der Waals surface area contributed by atoms with Gasteiger partial charge in [-0.3, -0.25) is 13.9 Å². The summed E-state index contributed by atoms with van der Waals surface area (Å²) >= 11 is 0. The molecule has 0 fully saturated rings. The summed E-state index contributed by atoms with van der Waals surface area (Å²) < 4.78 is 39.9. The number of sulfonamides is 1. The lowest BCUT2D eigenvalue weighted by atomic mass is 10.0. The van der Waals surface area contributed by atoms with Crippen LogP contribution in [-0.4, -0.2) is 57.5 Å². The zero-order valence-corrected chi connectivity index (χ0v) is 26.2. The Bertz CT molecular complexity index is 1480. The molecular formula is C32H41N3O6S. The number of aryl methyl sites for hydroxylation is 1.